The van der Waals surface area contributed by atoms with E-state index in [0.717, 1.165) is 6.42 Å². The van der Waals surface area contributed by atoms with E-state index < -0.39 is 27.8 Å². The number of rotatable bonds is 7. The van der Waals surface area contributed by atoms with E-state index in [2.05, 4.69) is 10.0 Å². The summed E-state index contributed by atoms with van der Waals surface area (Å²) < 4.78 is 36.7. The van der Waals surface area contributed by atoms with E-state index in [1.807, 2.05) is 0 Å². The highest BCUT2D eigenvalue weighted by molar-refractivity contribution is 7.89. The van der Waals surface area contributed by atoms with Crippen molar-refractivity contribution < 1.29 is 27.8 Å². The Hall–Kier alpha value is -1.84. The Kier molecular flexibility index (Phi) is 7.68. The summed E-state index contributed by atoms with van der Waals surface area (Å²) in [7, 11) is -3.20. The fraction of sp³-hybridized carbons (Fsp3) is 0.632. The summed E-state index contributed by atoms with van der Waals surface area (Å²) in [6.45, 7) is 5.85. The number of ether oxygens (including phenoxy) is 2. The summed E-state index contributed by atoms with van der Waals surface area (Å²) in [6.07, 6.45) is 0.383. The summed E-state index contributed by atoms with van der Waals surface area (Å²) in [5, 5.41) is 12.9. The van der Waals surface area contributed by atoms with Gasteiger partial charge in [-0.2, -0.15) is 0 Å². The number of nitrogens with one attached hydrogen (secondary N) is 2. The number of amides is 1. The lowest BCUT2D eigenvalue weighted by molar-refractivity contribution is 0.0518. The maximum Gasteiger partial charge on any atom is 0.407 e. The van der Waals surface area contributed by atoms with E-state index >= 15 is 0 Å². The van der Waals surface area contributed by atoms with Crippen LogP contribution in [0.2, 0.25) is 0 Å². The first kappa shape index (κ1) is 22.4. The largest absolute Gasteiger partial charge is 0.492 e. The molecule has 0 spiro atoms. The highest BCUT2D eigenvalue weighted by Gasteiger charge is 2.24. The third kappa shape index (κ3) is 8.04. The molecule has 1 heterocycles. The molecule has 0 bridgehead atoms. The van der Waals surface area contributed by atoms with Crippen molar-refractivity contribution in [3.05, 3.63) is 29.8 Å². The Labute approximate surface area is 166 Å². The molecule has 3 N–H and O–H groups in total. The molecule has 0 aliphatic carbocycles. The fourth-order valence-electron chi connectivity index (χ4n) is 2.81. The molecule has 2 atom stereocenters. The predicted molar refractivity (Wildman–Crippen MR) is 106 cm³/mol. The summed E-state index contributed by atoms with van der Waals surface area (Å²) in [5.74, 6) is 0.712. The number of aliphatic hydroxyl groups is 1. The molecule has 1 saturated heterocycles. The van der Waals surface area contributed by atoms with Gasteiger partial charge in [-0.05, 0) is 57.7 Å². The molecule has 1 aliphatic heterocycles. The second-order valence-electron chi connectivity index (χ2n) is 7.89. The van der Waals surface area contributed by atoms with Crippen LogP contribution in [-0.2, 0) is 14.8 Å². The van der Waals surface area contributed by atoms with Crippen LogP contribution in [-0.4, -0.2) is 50.2 Å². The molecule has 28 heavy (non-hydrogen) atoms. The number of hydrogen-bond acceptors (Lipinski definition) is 6. The zero-order valence-corrected chi connectivity index (χ0v) is 17.4. The van der Waals surface area contributed by atoms with Gasteiger partial charge in [0, 0.05) is 6.54 Å². The van der Waals surface area contributed by atoms with Gasteiger partial charge in [0.25, 0.3) is 0 Å². The zero-order chi connectivity index (χ0) is 20.8. The standard InChI is InChI=1S/C19H30N2O6S/c1-19(2,3)27-18(23)20-10-9-17(22)14-6-4-8-16(12-14)26-13-15-7-5-11-28(24,25)21-15/h4,6,8,12,15,17,21-22H,5,7,9-11,13H2,1-3H3,(H,20,23)/t15?,17-/m1/s1. The molecule has 1 aliphatic rings. The number of hydrogen-bond donors (Lipinski definition) is 3. The normalized spacial score (nSPS) is 20.2. The van der Waals surface area contributed by atoms with Crippen LogP contribution < -0.4 is 14.8 Å². The molecule has 9 heteroatoms. The number of aliphatic hydroxyl groups excluding tert-OH is 1. The van der Waals surface area contributed by atoms with Crippen LogP contribution in [0.3, 0.4) is 0 Å². The average molecular weight is 415 g/mol. The van der Waals surface area contributed by atoms with Crippen molar-refractivity contribution in [1.29, 1.82) is 0 Å². The molecule has 0 aromatic heterocycles. The molecule has 0 radical (unpaired) electrons. The van der Waals surface area contributed by atoms with Crippen LogP contribution in [0.1, 0.15) is 51.7 Å². The first-order valence-electron chi connectivity index (χ1n) is 9.42. The van der Waals surface area contributed by atoms with Gasteiger partial charge >= 0.3 is 6.09 Å². The maximum absolute atomic E-state index is 11.6. The monoisotopic (exact) mass is 414 g/mol. The molecule has 158 valence electrons. The molecule has 0 saturated carbocycles. The van der Waals surface area contributed by atoms with Crippen molar-refractivity contribution >= 4 is 16.1 Å². The third-order valence-electron chi connectivity index (χ3n) is 4.09. The minimum atomic E-state index is -3.20. The van der Waals surface area contributed by atoms with Gasteiger partial charge in [-0.1, -0.05) is 12.1 Å². The second kappa shape index (κ2) is 9.58. The molecular weight excluding hydrogens is 384 g/mol. The van der Waals surface area contributed by atoms with Gasteiger partial charge in [0.2, 0.25) is 10.0 Å². The SMILES string of the molecule is CC(C)(C)OC(=O)NCC[C@@H](O)c1cccc(OCC2CCCS(=O)(=O)N2)c1. The lowest BCUT2D eigenvalue weighted by Gasteiger charge is -2.23. The first-order valence-corrected chi connectivity index (χ1v) is 11.1. The Balaban J connectivity index is 1.80. The summed E-state index contributed by atoms with van der Waals surface area (Å²) in [5.41, 5.74) is 0.0914. The van der Waals surface area contributed by atoms with Crippen LogP contribution in [0.15, 0.2) is 24.3 Å². The van der Waals surface area contributed by atoms with Gasteiger partial charge in [0.05, 0.1) is 17.9 Å². The molecule has 8 nitrogen and oxygen atoms in total. The Morgan fingerprint density at radius 1 is 1.39 bits per heavy atom. The molecule has 1 aromatic rings. The summed E-state index contributed by atoms with van der Waals surface area (Å²) >= 11 is 0. The molecule has 1 unspecified atom stereocenters. The molecule has 1 aromatic carbocycles. The minimum Gasteiger partial charge on any atom is -0.492 e. The molecule has 1 fully saturated rings. The topological polar surface area (TPSA) is 114 Å². The number of alkyl carbamates (subject to hydrolysis) is 1. The summed E-state index contributed by atoms with van der Waals surface area (Å²) in [4.78, 5) is 11.6. The second-order valence-corrected chi connectivity index (χ2v) is 9.77. The Morgan fingerprint density at radius 3 is 2.82 bits per heavy atom. The highest BCUT2D eigenvalue weighted by atomic mass is 32.2. The van der Waals surface area contributed by atoms with Crippen LogP contribution >= 0.6 is 0 Å². The van der Waals surface area contributed by atoms with Crippen molar-refractivity contribution in [3.63, 3.8) is 0 Å². The highest BCUT2D eigenvalue weighted by Crippen LogP contribution is 2.22. The van der Waals surface area contributed by atoms with Crippen molar-refractivity contribution in [3.8, 4) is 5.75 Å². The van der Waals surface area contributed by atoms with Crippen molar-refractivity contribution in [2.24, 2.45) is 0 Å². The molecular formula is C19H30N2O6S. The molecule has 1 amide bonds. The van der Waals surface area contributed by atoms with E-state index in [9.17, 15) is 18.3 Å². The van der Waals surface area contributed by atoms with E-state index in [0.29, 0.717) is 24.2 Å². The first-order chi connectivity index (χ1) is 13.0. The van der Waals surface area contributed by atoms with Gasteiger partial charge in [0.1, 0.15) is 18.0 Å². The van der Waals surface area contributed by atoms with Crippen LogP contribution in [0.4, 0.5) is 4.79 Å². The Morgan fingerprint density at radius 2 is 2.14 bits per heavy atom. The van der Waals surface area contributed by atoms with Crippen molar-refractivity contribution in [2.75, 3.05) is 18.9 Å². The lowest BCUT2D eigenvalue weighted by Crippen LogP contribution is -2.44. The van der Waals surface area contributed by atoms with Crippen LogP contribution in [0.25, 0.3) is 0 Å². The van der Waals surface area contributed by atoms with E-state index in [4.69, 9.17) is 9.47 Å². The number of benzene rings is 1. The quantitative estimate of drug-likeness (QED) is 0.630. The van der Waals surface area contributed by atoms with Crippen molar-refractivity contribution in [1.82, 2.24) is 10.0 Å². The average Bonchev–Trinajstić information content (AvgIpc) is 2.58. The minimum absolute atomic E-state index is 0.155. The van der Waals surface area contributed by atoms with E-state index in [1.165, 1.54) is 0 Å². The number of carbonyl (C=O) groups is 1. The third-order valence-corrected chi connectivity index (χ3v) is 5.61. The Bertz CT molecular complexity index is 760. The summed E-state index contributed by atoms with van der Waals surface area (Å²) in [6, 6.07) is 6.77. The van der Waals surface area contributed by atoms with Gasteiger partial charge < -0.3 is 19.9 Å². The van der Waals surface area contributed by atoms with E-state index in [-0.39, 0.29) is 24.9 Å². The maximum atomic E-state index is 11.6. The van der Waals surface area contributed by atoms with Crippen LogP contribution in [0, 0.1) is 0 Å². The van der Waals surface area contributed by atoms with Gasteiger partial charge in [-0.15, -0.1) is 0 Å². The van der Waals surface area contributed by atoms with Gasteiger partial charge in [0.15, 0.2) is 0 Å². The van der Waals surface area contributed by atoms with Crippen molar-refractivity contribution in [2.45, 2.75) is 57.8 Å². The fourth-order valence-corrected chi connectivity index (χ4v) is 4.17. The number of sulfonamides is 1. The number of carbonyl (C=O) groups excluding carboxylic acids is 1. The molecule has 2 rings (SSSR count). The van der Waals surface area contributed by atoms with Gasteiger partial charge in [-0.3, -0.25) is 0 Å². The van der Waals surface area contributed by atoms with Crippen LogP contribution in [0.5, 0.6) is 5.75 Å². The van der Waals surface area contributed by atoms with E-state index in [1.54, 1.807) is 45.0 Å². The lowest BCUT2D eigenvalue weighted by atomic mass is 10.1. The zero-order valence-electron chi connectivity index (χ0n) is 16.6. The van der Waals surface area contributed by atoms with Gasteiger partial charge in [-0.25, -0.2) is 17.9 Å². The predicted octanol–water partition coefficient (Wildman–Crippen LogP) is 2.10. The smallest absolute Gasteiger partial charge is 0.407 e.